The van der Waals surface area contributed by atoms with Crippen LogP contribution in [0.4, 0.5) is 0 Å². The number of aromatic amines is 2. The van der Waals surface area contributed by atoms with E-state index < -0.39 is 0 Å². The lowest BCUT2D eigenvalue weighted by molar-refractivity contribution is 0.258. The molecule has 0 bridgehead atoms. The maximum Gasteiger partial charge on any atom is 0.147 e. The number of allylic oxidation sites excluding steroid dienone is 1. The lowest BCUT2D eigenvalue weighted by Crippen LogP contribution is -2.58. The van der Waals surface area contributed by atoms with Crippen LogP contribution in [0.1, 0.15) is 6.92 Å². The van der Waals surface area contributed by atoms with Crippen molar-refractivity contribution < 1.29 is 0 Å². The smallest absolute Gasteiger partial charge is 0.147 e. The Labute approximate surface area is 213 Å². The van der Waals surface area contributed by atoms with E-state index in [2.05, 4.69) is 47.7 Å². The van der Waals surface area contributed by atoms with Crippen molar-refractivity contribution in [2.24, 2.45) is 15.7 Å². The van der Waals surface area contributed by atoms with Gasteiger partial charge in [-0.1, -0.05) is 18.7 Å². The van der Waals surface area contributed by atoms with E-state index in [1.165, 1.54) is 0 Å². The first-order valence-corrected chi connectivity index (χ1v) is 12.2. The standard InChI is InChI=1S/C28H27N9/c1-3-21-19(12-17(2)22-7-10-30-14-26(34-22)37-15-18(29)16-37)28(36-35-21)25-13-20-23(33-25)8-11-32-27(20)24-6-4-5-9-31-24/h3-9,11-14,18,33,35H,2,10,15-16,29H2,1H3/b19-12+,21-3+. The fraction of sp³-hybridized carbons (Fsp3) is 0.179. The van der Waals surface area contributed by atoms with Gasteiger partial charge in [0.1, 0.15) is 11.5 Å². The molecule has 2 aliphatic rings. The van der Waals surface area contributed by atoms with Gasteiger partial charge in [0.05, 0.1) is 40.9 Å². The van der Waals surface area contributed by atoms with Gasteiger partial charge < -0.3 is 15.6 Å². The molecule has 184 valence electrons. The Morgan fingerprint density at radius 2 is 2.05 bits per heavy atom. The number of nitrogens with two attached hydrogens (primary N) is 1. The van der Waals surface area contributed by atoms with Crippen LogP contribution in [0.3, 0.4) is 0 Å². The molecular formula is C28H27N9. The highest BCUT2D eigenvalue weighted by atomic mass is 15.3. The molecule has 1 fully saturated rings. The third-order valence-electron chi connectivity index (χ3n) is 6.55. The van der Waals surface area contributed by atoms with Crippen molar-refractivity contribution in [3.05, 3.63) is 77.2 Å². The summed E-state index contributed by atoms with van der Waals surface area (Å²) in [4.78, 5) is 24.0. The van der Waals surface area contributed by atoms with Crippen LogP contribution in [0.2, 0.25) is 0 Å². The van der Waals surface area contributed by atoms with E-state index in [0.29, 0.717) is 6.54 Å². The molecular weight excluding hydrogens is 462 g/mol. The fourth-order valence-corrected chi connectivity index (χ4v) is 4.60. The first-order chi connectivity index (χ1) is 18.1. The van der Waals surface area contributed by atoms with Crippen molar-refractivity contribution in [1.29, 1.82) is 0 Å². The van der Waals surface area contributed by atoms with Crippen molar-refractivity contribution >= 4 is 35.1 Å². The molecule has 0 unspecified atom stereocenters. The van der Waals surface area contributed by atoms with E-state index in [9.17, 15) is 0 Å². The summed E-state index contributed by atoms with van der Waals surface area (Å²) in [7, 11) is 0. The Balaban J connectivity index is 1.41. The zero-order valence-corrected chi connectivity index (χ0v) is 20.5. The third-order valence-corrected chi connectivity index (χ3v) is 6.55. The van der Waals surface area contributed by atoms with Crippen LogP contribution < -0.4 is 16.3 Å². The number of nitrogens with zero attached hydrogens (tertiary/aromatic N) is 6. The summed E-state index contributed by atoms with van der Waals surface area (Å²) in [5.41, 5.74) is 11.8. The number of amidine groups is 1. The van der Waals surface area contributed by atoms with Gasteiger partial charge in [0.25, 0.3) is 0 Å². The lowest BCUT2D eigenvalue weighted by atomic mass is 10.1. The van der Waals surface area contributed by atoms with Gasteiger partial charge >= 0.3 is 0 Å². The summed E-state index contributed by atoms with van der Waals surface area (Å²) in [5.74, 6) is 0.819. The summed E-state index contributed by atoms with van der Waals surface area (Å²) in [6, 6.07) is 10.0. The zero-order valence-electron chi connectivity index (χ0n) is 20.5. The number of hydrogen-bond donors (Lipinski definition) is 3. The van der Waals surface area contributed by atoms with Gasteiger partial charge in [-0.15, -0.1) is 0 Å². The normalized spacial score (nSPS) is 17.1. The van der Waals surface area contributed by atoms with Crippen molar-refractivity contribution in [3.8, 4) is 22.8 Å². The summed E-state index contributed by atoms with van der Waals surface area (Å²) in [6.45, 7) is 8.43. The van der Waals surface area contributed by atoms with E-state index >= 15 is 0 Å². The highest BCUT2D eigenvalue weighted by Crippen LogP contribution is 2.28. The summed E-state index contributed by atoms with van der Waals surface area (Å²) in [5, 5.41) is 10.6. The van der Waals surface area contributed by atoms with Crippen molar-refractivity contribution in [2.45, 2.75) is 13.0 Å². The maximum atomic E-state index is 5.97. The molecule has 0 aliphatic carbocycles. The van der Waals surface area contributed by atoms with Gasteiger partial charge in [0, 0.05) is 47.6 Å². The van der Waals surface area contributed by atoms with E-state index in [4.69, 9.17) is 10.7 Å². The van der Waals surface area contributed by atoms with E-state index in [1.54, 1.807) is 12.4 Å². The Bertz CT molecular complexity index is 1700. The minimum atomic E-state index is 0.183. The van der Waals surface area contributed by atoms with E-state index in [-0.39, 0.29) is 6.04 Å². The first kappa shape index (κ1) is 22.8. The molecule has 4 aromatic rings. The van der Waals surface area contributed by atoms with E-state index in [0.717, 1.165) is 74.4 Å². The maximum absolute atomic E-state index is 5.97. The zero-order chi connectivity index (χ0) is 25.4. The Morgan fingerprint density at radius 1 is 1.16 bits per heavy atom. The second-order valence-corrected chi connectivity index (χ2v) is 9.10. The quantitative estimate of drug-likeness (QED) is 0.405. The van der Waals surface area contributed by atoms with Crippen molar-refractivity contribution in [2.75, 3.05) is 19.6 Å². The molecule has 0 spiro atoms. The predicted octanol–water partition coefficient (Wildman–Crippen LogP) is 2.16. The number of fused-ring (bicyclic) bond motifs is 1. The average molecular weight is 490 g/mol. The number of nitrogens with one attached hydrogen (secondary N) is 2. The van der Waals surface area contributed by atoms with Crippen LogP contribution in [-0.4, -0.2) is 67.8 Å². The summed E-state index contributed by atoms with van der Waals surface area (Å²) < 4.78 is 0. The molecule has 0 saturated carbocycles. The minimum absolute atomic E-state index is 0.183. The fourth-order valence-electron chi connectivity index (χ4n) is 4.60. The van der Waals surface area contributed by atoms with Crippen molar-refractivity contribution in [3.63, 3.8) is 0 Å². The second-order valence-electron chi connectivity index (χ2n) is 9.10. The molecule has 9 nitrogen and oxygen atoms in total. The molecule has 0 radical (unpaired) electrons. The van der Waals surface area contributed by atoms with Crippen LogP contribution in [0, 0.1) is 0 Å². The van der Waals surface area contributed by atoms with Crippen molar-refractivity contribution in [1.82, 2.24) is 30.0 Å². The van der Waals surface area contributed by atoms with Gasteiger partial charge in [-0.3, -0.25) is 20.1 Å². The monoisotopic (exact) mass is 489 g/mol. The number of rotatable bonds is 4. The molecule has 1 saturated heterocycles. The van der Waals surface area contributed by atoms with Gasteiger partial charge in [-0.2, -0.15) is 5.10 Å². The summed E-state index contributed by atoms with van der Waals surface area (Å²) >= 11 is 0. The van der Waals surface area contributed by atoms with Gasteiger partial charge in [-0.05, 0) is 48.9 Å². The highest BCUT2D eigenvalue weighted by molar-refractivity contribution is 6.30. The molecule has 37 heavy (non-hydrogen) atoms. The molecule has 4 N–H and O–H groups in total. The lowest BCUT2D eigenvalue weighted by Gasteiger charge is -2.38. The molecule has 0 amide bonds. The van der Waals surface area contributed by atoms with Crippen LogP contribution in [0.25, 0.3) is 45.8 Å². The van der Waals surface area contributed by atoms with Crippen LogP contribution in [0.15, 0.2) is 76.6 Å². The Hall–Kier alpha value is -4.63. The average Bonchev–Trinajstić information content (AvgIpc) is 3.43. The number of pyridine rings is 2. The number of likely N-dealkylation sites (tertiary alicyclic amines) is 1. The number of H-pyrrole nitrogens is 2. The minimum Gasteiger partial charge on any atom is -0.353 e. The molecule has 6 rings (SSSR count). The topological polar surface area (TPSA) is 124 Å². The second kappa shape index (κ2) is 9.44. The molecule has 4 aromatic heterocycles. The van der Waals surface area contributed by atoms with Gasteiger partial charge in [-0.25, -0.2) is 4.99 Å². The number of aromatic nitrogens is 5. The van der Waals surface area contributed by atoms with Crippen LogP contribution >= 0.6 is 0 Å². The molecule has 0 atom stereocenters. The highest BCUT2D eigenvalue weighted by Gasteiger charge is 2.26. The van der Waals surface area contributed by atoms with Crippen LogP contribution in [-0.2, 0) is 0 Å². The number of aliphatic imine (C=N–C) groups is 2. The van der Waals surface area contributed by atoms with E-state index in [1.807, 2.05) is 55.6 Å². The van der Waals surface area contributed by atoms with Crippen LogP contribution in [0.5, 0.6) is 0 Å². The Morgan fingerprint density at radius 3 is 2.84 bits per heavy atom. The number of hydrogen-bond acceptors (Lipinski definition) is 7. The van der Waals surface area contributed by atoms with Gasteiger partial charge in [0.15, 0.2) is 0 Å². The SMILES string of the molecule is C=C(/C=c1/c(-c2cc3c(-c4ccccn4)nccc3[nH]2)n[nH]/c1=C/C)C1=CCN=CC(N2CC(N)C2)=N1. The van der Waals surface area contributed by atoms with Gasteiger partial charge in [0.2, 0.25) is 0 Å². The molecule has 9 heteroatoms. The predicted molar refractivity (Wildman–Crippen MR) is 148 cm³/mol. The third kappa shape index (κ3) is 4.30. The largest absolute Gasteiger partial charge is 0.353 e. The Kier molecular flexibility index (Phi) is 5.82. The molecule has 6 heterocycles. The first-order valence-electron chi connectivity index (χ1n) is 12.2. The molecule has 2 aliphatic heterocycles. The summed E-state index contributed by atoms with van der Waals surface area (Å²) in [6.07, 6.45) is 11.4. The molecule has 0 aromatic carbocycles.